The van der Waals surface area contributed by atoms with Gasteiger partial charge in [-0.05, 0) is 31.9 Å². The zero-order valence-electron chi connectivity index (χ0n) is 12.9. The molecule has 114 valence electrons. The third-order valence-corrected chi connectivity index (χ3v) is 4.00. The van der Waals surface area contributed by atoms with Crippen molar-refractivity contribution in [2.24, 2.45) is 0 Å². The molecule has 3 nitrogen and oxygen atoms in total. The number of nitrogens with zero attached hydrogens (tertiary/aromatic N) is 1. The van der Waals surface area contributed by atoms with E-state index < -0.39 is 0 Å². The van der Waals surface area contributed by atoms with E-state index in [0.29, 0.717) is 13.0 Å². The molecule has 0 amide bonds. The van der Waals surface area contributed by atoms with E-state index in [2.05, 4.69) is 53.1 Å². The highest BCUT2D eigenvalue weighted by Crippen LogP contribution is 2.28. The predicted octanol–water partition coefficient (Wildman–Crippen LogP) is 4.53. The van der Waals surface area contributed by atoms with Crippen molar-refractivity contribution in [3.63, 3.8) is 0 Å². The lowest BCUT2D eigenvalue weighted by molar-refractivity contribution is -0.143. The third-order valence-electron chi connectivity index (χ3n) is 4.00. The Bertz CT molecular complexity index is 735. The van der Waals surface area contributed by atoms with Gasteiger partial charge in [-0.2, -0.15) is 0 Å². The molecule has 0 bridgehead atoms. The van der Waals surface area contributed by atoms with Crippen LogP contribution in [0.1, 0.15) is 26.2 Å². The van der Waals surface area contributed by atoms with Crippen LogP contribution in [0.5, 0.6) is 0 Å². The Morgan fingerprint density at radius 2 is 1.55 bits per heavy atom. The normalized spacial score (nSPS) is 11.1. The van der Waals surface area contributed by atoms with Crippen LogP contribution in [-0.2, 0) is 16.1 Å². The first-order valence-corrected chi connectivity index (χ1v) is 7.93. The van der Waals surface area contributed by atoms with Gasteiger partial charge in [-0.15, -0.1) is 0 Å². The minimum absolute atomic E-state index is 0.0928. The highest BCUT2D eigenvalue weighted by atomic mass is 16.5. The molecule has 1 heterocycles. The number of esters is 1. The van der Waals surface area contributed by atoms with Gasteiger partial charge in [0.15, 0.2) is 0 Å². The molecule has 0 fully saturated rings. The van der Waals surface area contributed by atoms with E-state index in [1.54, 1.807) is 0 Å². The number of aryl methyl sites for hydroxylation is 1. The van der Waals surface area contributed by atoms with Gasteiger partial charge in [0.25, 0.3) is 0 Å². The lowest BCUT2D eigenvalue weighted by Crippen LogP contribution is -2.04. The van der Waals surface area contributed by atoms with Gasteiger partial charge in [0.2, 0.25) is 0 Å². The lowest BCUT2D eigenvalue weighted by atomic mass is 10.2. The number of rotatable bonds is 6. The van der Waals surface area contributed by atoms with E-state index in [-0.39, 0.29) is 5.97 Å². The molecular formula is C19H21NO2. The Morgan fingerprint density at radius 1 is 0.955 bits per heavy atom. The summed E-state index contributed by atoms with van der Waals surface area (Å²) in [6, 6.07) is 17.0. The van der Waals surface area contributed by atoms with Gasteiger partial charge in [-0.1, -0.05) is 36.4 Å². The summed E-state index contributed by atoms with van der Waals surface area (Å²) in [5.41, 5.74) is 2.53. The van der Waals surface area contributed by atoms with Crippen molar-refractivity contribution in [3.8, 4) is 0 Å². The molecule has 0 atom stereocenters. The Kier molecular flexibility index (Phi) is 4.42. The van der Waals surface area contributed by atoms with Gasteiger partial charge in [0.05, 0.1) is 6.61 Å². The highest BCUT2D eigenvalue weighted by Gasteiger charge is 2.09. The number of unbranched alkanes of at least 4 members (excludes halogenated alkanes) is 1. The second kappa shape index (κ2) is 6.65. The molecule has 0 aliphatic carbocycles. The summed E-state index contributed by atoms with van der Waals surface area (Å²) in [4.78, 5) is 11.4. The number of ether oxygens (including phenoxy) is 1. The zero-order valence-corrected chi connectivity index (χ0v) is 12.9. The molecule has 0 aliphatic heterocycles. The molecule has 0 aliphatic rings. The monoisotopic (exact) mass is 295 g/mol. The van der Waals surface area contributed by atoms with Crippen LogP contribution >= 0.6 is 0 Å². The van der Waals surface area contributed by atoms with Crippen molar-refractivity contribution in [3.05, 3.63) is 48.5 Å². The largest absolute Gasteiger partial charge is 0.466 e. The van der Waals surface area contributed by atoms with Crippen molar-refractivity contribution in [1.29, 1.82) is 0 Å². The second-order valence-corrected chi connectivity index (χ2v) is 5.45. The molecule has 2 aromatic carbocycles. The fourth-order valence-electron chi connectivity index (χ4n) is 3.02. The maximum Gasteiger partial charge on any atom is 0.305 e. The molecule has 0 saturated heterocycles. The van der Waals surface area contributed by atoms with Crippen molar-refractivity contribution >= 4 is 27.8 Å². The van der Waals surface area contributed by atoms with E-state index in [0.717, 1.165) is 19.4 Å². The van der Waals surface area contributed by atoms with Crippen LogP contribution in [0.3, 0.4) is 0 Å². The molecule has 3 aromatic rings. The van der Waals surface area contributed by atoms with E-state index in [9.17, 15) is 4.79 Å². The van der Waals surface area contributed by atoms with E-state index in [1.165, 1.54) is 21.8 Å². The first kappa shape index (κ1) is 14.6. The van der Waals surface area contributed by atoms with Gasteiger partial charge in [0.1, 0.15) is 0 Å². The number of hydrogen-bond acceptors (Lipinski definition) is 2. The highest BCUT2D eigenvalue weighted by molar-refractivity contribution is 6.07. The van der Waals surface area contributed by atoms with Gasteiger partial charge in [-0.25, -0.2) is 0 Å². The smallest absolute Gasteiger partial charge is 0.305 e. The van der Waals surface area contributed by atoms with Gasteiger partial charge < -0.3 is 9.30 Å². The molecule has 1 aromatic heterocycles. The molecule has 0 radical (unpaired) electrons. The molecule has 3 heteroatoms. The van der Waals surface area contributed by atoms with Crippen molar-refractivity contribution < 1.29 is 9.53 Å². The molecule has 0 unspecified atom stereocenters. The van der Waals surface area contributed by atoms with E-state index >= 15 is 0 Å². The van der Waals surface area contributed by atoms with Crippen LogP contribution in [0, 0.1) is 0 Å². The van der Waals surface area contributed by atoms with Crippen molar-refractivity contribution in [2.75, 3.05) is 6.61 Å². The van der Waals surface area contributed by atoms with E-state index in [4.69, 9.17) is 4.74 Å². The first-order valence-electron chi connectivity index (χ1n) is 7.93. The van der Waals surface area contributed by atoms with Gasteiger partial charge in [0, 0.05) is 34.8 Å². The van der Waals surface area contributed by atoms with Crippen LogP contribution in [0.25, 0.3) is 21.8 Å². The Hall–Kier alpha value is -2.29. The minimum atomic E-state index is -0.0928. The maximum atomic E-state index is 11.4. The Balaban J connectivity index is 1.79. The van der Waals surface area contributed by atoms with Crippen LogP contribution in [0.2, 0.25) is 0 Å². The molecule has 0 spiro atoms. The number of fused-ring (bicyclic) bond motifs is 3. The summed E-state index contributed by atoms with van der Waals surface area (Å²) < 4.78 is 7.33. The quantitative estimate of drug-likeness (QED) is 0.494. The number of aromatic nitrogens is 1. The summed E-state index contributed by atoms with van der Waals surface area (Å²) in [5, 5.41) is 2.59. The SMILES string of the molecule is CCOC(=O)CCCCn1c2ccccc2c2ccccc21. The van der Waals surface area contributed by atoms with Crippen molar-refractivity contribution in [2.45, 2.75) is 32.7 Å². The number of benzene rings is 2. The number of carbonyl (C=O) groups excluding carboxylic acids is 1. The average molecular weight is 295 g/mol. The second-order valence-electron chi connectivity index (χ2n) is 5.45. The maximum absolute atomic E-state index is 11.4. The minimum Gasteiger partial charge on any atom is -0.466 e. The summed E-state index contributed by atoms with van der Waals surface area (Å²) >= 11 is 0. The average Bonchev–Trinajstić information content (AvgIpc) is 2.86. The molecule has 22 heavy (non-hydrogen) atoms. The van der Waals surface area contributed by atoms with Gasteiger partial charge >= 0.3 is 5.97 Å². The molecular weight excluding hydrogens is 274 g/mol. The predicted molar refractivity (Wildman–Crippen MR) is 89.9 cm³/mol. The number of para-hydroxylation sites is 2. The molecule has 3 rings (SSSR count). The van der Waals surface area contributed by atoms with Crippen LogP contribution in [0.4, 0.5) is 0 Å². The summed E-state index contributed by atoms with van der Waals surface area (Å²) in [7, 11) is 0. The Morgan fingerprint density at radius 3 is 2.14 bits per heavy atom. The van der Waals surface area contributed by atoms with Crippen LogP contribution < -0.4 is 0 Å². The standard InChI is InChI=1S/C19H21NO2/c1-2-22-19(21)13-7-8-14-20-17-11-5-3-9-15(17)16-10-4-6-12-18(16)20/h3-6,9-12H,2,7-8,13-14H2,1H3. The lowest BCUT2D eigenvalue weighted by Gasteiger charge is -2.07. The third kappa shape index (κ3) is 2.84. The fourth-order valence-corrected chi connectivity index (χ4v) is 3.02. The number of carbonyl (C=O) groups is 1. The topological polar surface area (TPSA) is 31.2 Å². The fraction of sp³-hybridized carbons (Fsp3) is 0.316. The number of hydrogen-bond donors (Lipinski definition) is 0. The summed E-state index contributed by atoms with van der Waals surface area (Å²) in [5.74, 6) is -0.0928. The first-order chi connectivity index (χ1) is 10.8. The summed E-state index contributed by atoms with van der Waals surface area (Å²) in [6.07, 6.45) is 2.34. The zero-order chi connectivity index (χ0) is 15.4. The van der Waals surface area contributed by atoms with Gasteiger partial charge in [-0.3, -0.25) is 4.79 Å². The Labute approximate surface area is 130 Å². The molecule has 0 saturated carbocycles. The van der Waals surface area contributed by atoms with E-state index in [1.807, 2.05) is 6.92 Å². The van der Waals surface area contributed by atoms with Crippen molar-refractivity contribution in [1.82, 2.24) is 4.57 Å². The molecule has 0 N–H and O–H groups in total. The summed E-state index contributed by atoms with van der Waals surface area (Å²) in [6.45, 7) is 3.23. The van der Waals surface area contributed by atoms with Crippen LogP contribution in [-0.4, -0.2) is 17.1 Å². The van der Waals surface area contributed by atoms with Crippen LogP contribution in [0.15, 0.2) is 48.5 Å².